The average molecular weight is 428 g/mol. The summed E-state index contributed by atoms with van der Waals surface area (Å²) >= 11 is 0. The predicted octanol–water partition coefficient (Wildman–Crippen LogP) is 4.49. The molecule has 0 aliphatic heterocycles. The summed E-state index contributed by atoms with van der Waals surface area (Å²) < 4.78 is 12.4. The van der Waals surface area contributed by atoms with Gasteiger partial charge in [0.25, 0.3) is 0 Å². The third kappa shape index (κ3) is 5.96. The summed E-state index contributed by atoms with van der Waals surface area (Å²) in [7, 11) is 0. The van der Waals surface area contributed by atoms with E-state index >= 15 is 0 Å². The van der Waals surface area contributed by atoms with E-state index < -0.39 is 5.97 Å². The summed E-state index contributed by atoms with van der Waals surface area (Å²) in [6, 6.07) is 20.7. The molecule has 0 unspecified atom stereocenters. The number of rotatable bonds is 9. The van der Waals surface area contributed by atoms with Crippen LogP contribution in [-0.2, 0) is 16.1 Å². The van der Waals surface area contributed by atoms with E-state index in [0.29, 0.717) is 17.9 Å². The third-order valence-electron chi connectivity index (χ3n) is 5.00. The first kappa shape index (κ1) is 22.6. The van der Waals surface area contributed by atoms with Crippen LogP contribution in [0.25, 0.3) is 6.08 Å². The summed E-state index contributed by atoms with van der Waals surface area (Å²) in [5, 5.41) is 8.52. The van der Waals surface area contributed by atoms with E-state index in [9.17, 15) is 9.59 Å². The molecule has 3 aromatic rings. The number of Topliss-reactive ketones (excluding diaryl/α,β-unsaturated/α-hetero) is 1. The minimum atomic E-state index is -0.596. The molecule has 3 rings (SSSR count). The lowest BCUT2D eigenvalue weighted by Crippen LogP contribution is -2.13. The first-order chi connectivity index (χ1) is 15.5. The maximum absolute atomic E-state index is 12.6. The van der Waals surface area contributed by atoms with Crippen LogP contribution in [0, 0.1) is 25.2 Å². The normalized spacial score (nSPS) is 10.7. The summed E-state index contributed by atoms with van der Waals surface area (Å²) in [4.78, 5) is 24.7. The molecule has 1 aromatic heterocycles. The van der Waals surface area contributed by atoms with E-state index in [1.165, 1.54) is 6.08 Å². The Morgan fingerprint density at radius 3 is 2.47 bits per heavy atom. The van der Waals surface area contributed by atoms with E-state index in [0.717, 1.165) is 22.5 Å². The van der Waals surface area contributed by atoms with Crippen molar-refractivity contribution in [2.24, 2.45) is 0 Å². The Balaban J connectivity index is 1.56. The molecule has 2 aromatic carbocycles. The van der Waals surface area contributed by atoms with E-state index in [2.05, 4.69) is 4.57 Å². The second kappa shape index (κ2) is 10.8. The van der Waals surface area contributed by atoms with Gasteiger partial charge in [0, 0.05) is 29.6 Å². The van der Waals surface area contributed by atoms with Crippen LogP contribution in [0.1, 0.15) is 32.9 Å². The summed E-state index contributed by atoms with van der Waals surface area (Å²) in [5.41, 5.74) is 4.30. The monoisotopic (exact) mass is 428 g/mol. The Morgan fingerprint density at radius 1 is 1.06 bits per heavy atom. The first-order valence-corrected chi connectivity index (χ1v) is 10.2. The molecular formula is C26H24N2O4. The minimum absolute atomic E-state index is 0.0236. The van der Waals surface area contributed by atoms with Crippen molar-refractivity contribution in [3.63, 3.8) is 0 Å². The molecule has 6 nitrogen and oxygen atoms in total. The highest BCUT2D eigenvalue weighted by Crippen LogP contribution is 2.18. The van der Waals surface area contributed by atoms with Crippen molar-refractivity contribution in [2.75, 3.05) is 13.2 Å². The number of carbonyl (C=O) groups excluding carboxylic acids is 2. The lowest BCUT2D eigenvalue weighted by molar-refractivity contribution is -0.136. The fourth-order valence-corrected chi connectivity index (χ4v) is 3.31. The topological polar surface area (TPSA) is 81.3 Å². The number of aryl methyl sites for hydroxylation is 1. The van der Waals surface area contributed by atoms with Crippen LogP contribution in [0.5, 0.6) is 5.75 Å². The number of hydrogen-bond donors (Lipinski definition) is 0. The second-order valence-electron chi connectivity index (χ2n) is 7.24. The molecule has 0 spiro atoms. The van der Waals surface area contributed by atoms with E-state index in [1.807, 2.05) is 56.3 Å². The molecule has 1 heterocycles. The Hall–Kier alpha value is -4.11. The highest BCUT2D eigenvalue weighted by molar-refractivity contribution is 6.00. The van der Waals surface area contributed by atoms with Gasteiger partial charge in [-0.05, 0) is 49.2 Å². The molecule has 0 amide bonds. The number of nitrogens with zero attached hydrogens (tertiary/aromatic N) is 2. The predicted molar refractivity (Wildman–Crippen MR) is 121 cm³/mol. The maximum Gasteiger partial charge on any atom is 0.331 e. The largest absolute Gasteiger partial charge is 0.479 e. The maximum atomic E-state index is 12.6. The van der Waals surface area contributed by atoms with Crippen LogP contribution in [0.2, 0.25) is 0 Å². The molecule has 0 radical (unpaired) electrons. The first-order valence-electron chi connectivity index (χ1n) is 10.2. The lowest BCUT2D eigenvalue weighted by Gasteiger charge is -2.10. The molecular weight excluding hydrogens is 404 g/mol. The quantitative estimate of drug-likeness (QED) is 0.285. The zero-order valence-electron chi connectivity index (χ0n) is 18.1. The fraction of sp³-hybridized carbons (Fsp3) is 0.192. The number of benzene rings is 2. The smallest absolute Gasteiger partial charge is 0.331 e. The van der Waals surface area contributed by atoms with Gasteiger partial charge in [0.05, 0.1) is 0 Å². The van der Waals surface area contributed by atoms with Gasteiger partial charge in [-0.25, -0.2) is 4.79 Å². The van der Waals surface area contributed by atoms with Gasteiger partial charge in [0.1, 0.15) is 11.8 Å². The molecule has 0 atom stereocenters. The van der Waals surface area contributed by atoms with Gasteiger partial charge in [-0.15, -0.1) is 0 Å². The van der Waals surface area contributed by atoms with Crippen LogP contribution < -0.4 is 4.74 Å². The number of esters is 1. The van der Waals surface area contributed by atoms with Gasteiger partial charge in [-0.3, -0.25) is 4.79 Å². The Kier molecular flexibility index (Phi) is 7.60. The summed E-state index contributed by atoms with van der Waals surface area (Å²) in [6.45, 7) is 4.19. The molecule has 32 heavy (non-hydrogen) atoms. The number of aromatic nitrogens is 1. The molecule has 162 valence electrons. The lowest BCUT2D eigenvalue weighted by atomic mass is 10.1. The molecule has 0 bridgehead atoms. The summed E-state index contributed by atoms with van der Waals surface area (Å²) in [6.07, 6.45) is 2.86. The zero-order valence-corrected chi connectivity index (χ0v) is 18.1. The van der Waals surface area contributed by atoms with Crippen LogP contribution in [0.4, 0.5) is 0 Å². The van der Waals surface area contributed by atoms with Gasteiger partial charge in [-0.2, -0.15) is 5.26 Å². The molecule has 0 saturated heterocycles. The molecule has 0 N–H and O–H groups in total. The van der Waals surface area contributed by atoms with E-state index in [1.54, 1.807) is 30.3 Å². The van der Waals surface area contributed by atoms with Crippen molar-refractivity contribution in [3.05, 3.63) is 94.8 Å². The van der Waals surface area contributed by atoms with Crippen molar-refractivity contribution in [1.29, 1.82) is 5.26 Å². The van der Waals surface area contributed by atoms with Crippen molar-refractivity contribution in [3.8, 4) is 11.8 Å². The Morgan fingerprint density at radius 2 is 1.78 bits per heavy atom. The van der Waals surface area contributed by atoms with Crippen LogP contribution in [0.15, 0.2) is 66.7 Å². The van der Waals surface area contributed by atoms with Gasteiger partial charge >= 0.3 is 5.97 Å². The number of hydrogen-bond acceptors (Lipinski definition) is 5. The van der Waals surface area contributed by atoms with E-state index in [4.69, 9.17) is 14.7 Å². The average Bonchev–Trinajstić information content (AvgIpc) is 3.09. The zero-order chi connectivity index (χ0) is 22.9. The van der Waals surface area contributed by atoms with Gasteiger partial charge in [0.2, 0.25) is 5.78 Å². The number of ketones is 1. The van der Waals surface area contributed by atoms with Crippen molar-refractivity contribution >= 4 is 17.8 Å². The van der Waals surface area contributed by atoms with E-state index in [-0.39, 0.29) is 19.0 Å². The summed E-state index contributed by atoms with van der Waals surface area (Å²) in [5.74, 6) is -0.263. The molecule has 0 aliphatic rings. The number of nitriles is 1. The van der Waals surface area contributed by atoms with Crippen LogP contribution in [-0.4, -0.2) is 29.5 Å². The number of carbonyl (C=O) groups is 2. The van der Waals surface area contributed by atoms with Gasteiger partial charge in [0.15, 0.2) is 13.2 Å². The highest BCUT2D eigenvalue weighted by Gasteiger charge is 2.17. The van der Waals surface area contributed by atoms with Crippen molar-refractivity contribution in [1.82, 2.24) is 4.57 Å². The van der Waals surface area contributed by atoms with Crippen LogP contribution >= 0.6 is 0 Å². The Bertz CT molecular complexity index is 1150. The highest BCUT2D eigenvalue weighted by atomic mass is 16.5. The molecule has 6 heteroatoms. The van der Waals surface area contributed by atoms with Crippen LogP contribution in [0.3, 0.4) is 0 Å². The van der Waals surface area contributed by atoms with Crippen molar-refractivity contribution < 1.29 is 19.1 Å². The van der Waals surface area contributed by atoms with Gasteiger partial charge in [-0.1, -0.05) is 42.5 Å². The SMILES string of the molecule is Cc1cc(C(=O)COC(=O)/C=C/c2ccc(OCC#N)cc2)c(C)n1Cc1ccccc1. The fourth-order valence-electron chi connectivity index (χ4n) is 3.31. The minimum Gasteiger partial charge on any atom is -0.479 e. The second-order valence-corrected chi connectivity index (χ2v) is 7.24. The standard InChI is InChI=1S/C26H24N2O4/c1-19-16-24(20(2)28(19)17-22-6-4-3-5-7-22)25(29)18-32-26(30)13-10-21-8-11-23(12-9-21)31-15-14-27/h3-13,16H,15,17-18H2,1-2H3/b13-10+. The van der Waals surface area contributed by atoms with Crippen molar-refractivity contribution in [2.45, 2.75) is 20.4 Å². The third-order valence-corrected chi connectivity index (χ3v) is 5.00. The number of ether oxygens (including phenoxy) is 2. The van der Waals surface area contributed by atoms with Gasteiger partial charge < -0.3 is 14.0 Å². The molecule has 0 fully saturated rings. The molecule has 0 saturated carbocycles. The Labute approximate surface area is 187 Å². The molecule has 0 aliphatic carbocycles.